The number of hydrogen-bond donors (Lipinski definition) is 0. The lowest BCUT2D eigenvalue weighted by atomic mass is 9.66. The highest BCUT2D eigenvalue weighted by Crippen LogP contribution is 2.45. The van der Waals surface area contributed by atoms with Crippen LogP contribution < -0.4 is 0 Å². The number of methoxy groups -OCH3 is 1. The third-order valence-electron chi connectivity index (χ3n) is 4.58. The summed E-state index contributed by atoms with van der Waals surface area (Å²) >= 11 is 6.29. The molecule has 0 aromatic heterocycles. The van der Waals surface area contributed by atoms with Gasteiger partial charge in [-0.3, -0.25) is 4.79 Å². The molecular weight excluding hydrogens is 291 g/mol. The highest BCUT2D eigenvalue weighted by molar-refractivity contribution is 6.31. The highest BCUT2D eigenvalue weighted by Gasteiger charge is 2.35. The quantitative estimate of drug-likeness (QED) is 0.713. The Kier molecular flexibility index (Phi) is 5.63. The summed E-state index contributed by atoms with van der Waals surface area (Å²) in [5.41, 5.74) is 1.02. The van der Waals surface area contributed by atoms with E-state index in [1.165, 1.54) is 25.7 Å². The lowest BCUT2D eigenvalue weighted by Gasteiger charge is -2.38. The molecule has 4 heteroatoms. The fourth-order valence-corrected chi connectivity index (χ4v) is 3.84. The van der Waals surface area contributed by atoms with Crippen LogP contribution in [0.25, 0.3) is 0 Å². The van der Waals surface area contributed by atoms with Crippen LogP contribution in [-0.2, 0) is 14.9 Å². The third kappa shape index (κ3) is 3.97. The summed E-state index contributed by atoms with van der Waals surface area (Å²) in [6.45, 7) is 0. The van der Waals surface area contributed by atoms with Crippen LogP contribution in [0.2, 0.25) is 5.02 Å². The second-order valence-corrected chi connectivity index (χ2v) is 6.30. The van der Waals surface area contributed by atoms with Crippen molar-refractivity contribution < 1.29 is 13.9 Å². The zero-order chi connectivity index (χ0) is 15.3. The van der Waals surface area contributed by atoms with Crippen molar-refractivity contribution >= 4 is 17.6 Å². The molecule has 0 atom stereocenters. The second kappa shape index (κ2) is 7.26. The fraction of sp³-hybridized carbons (Fsp3) is 0.588. The minimum Gasteiger partial charge on any atom is -0.469 e. The Balaban J connectivity index is 2.18. The van der Waals surface area contributed by atoms with Crippen LogP contribution in [0.15, 0.2) is 18.2 Å². The van der Waals surface area contributed by atoms with E-state index in [9.17, 15) is 9.18 Å². The summed E-state index contributed by atoms with van der Waals surface area (Å²) in [4.78, 5) is 11.3. The third-order valence-corrected chi connectivity index (χ3v) is 4.89. The zero-order valence-corrected chi connectivity index (χ0v) is 13.2. The first kappa shape index (κ1) is 16.3. The van der Waals surface area contributed by atoms with Crippen molar-refractivity contribution in [2.45, 2.75) is 56.8 Å². The normalized spacial score (nSPS) is 17.5. The number of ether oxygens (including phenoxy) is 1. The van der Waals surface area contributed by atoms with Gasteiger partial charge in [0.2, 0.25) is 0 Å². The molecule has 0 saturated heterocycles. The molecule has 1 aromatic rings. The van der Waals surface area contributed by atoms with E-state index < -0.39 is 0 Å². The maximum atomic E-state index is 13.3. The van der Waals surface area contributed by atoms with Gasteiger partial charge in [0.05, 0.1) is 7.11 Å². The Morgan fingerprint density at radius 2 is 2.05 bits per heavy atom. The lowest BCUT2D eigenvalue weighted by Crippen LogP contribution is -2.29. The van der Waals surface area contributed by atoms with Crippen LogP contribution >= 0.6 is 11.6 Å². The number of carbonyl (C=O) groups is 1. The molecule has 1 aromatic carbocycles. The molecule has 0 bridgehead atoms. The molecule has 1 saturated carbocycles. The summed E-state index contributed by atoms with van der Waals surface area (Å²) in [6.07, 6.45) is 7.76. The first-order valence-electron chi connectivity index (χ1n) is 7.60. The molecule has 0 amide bonds. The lowest BCUT2D eigenvalue weighted by molar-refractivity contribution is -0.140. The van der Waals surface area contributed by atoms with Gasteiger partial charge >= 0.3 is 5.97 Å². The van der Waals surface area contributed by atoms with Gasteiger partial charge in [0.15, 0.2) is 0 Å². The standard InChI is InChI=1S/C17H22ClFO2/c1-21-16(20)6-5-11-17(9-3-2-4-10-17)14-8-7-13(19)12-15(14)18/h7-8,12H,2-6,9-11H2,1H3. The van der Waals surface area contributed by atoms with Crippen LogP contribution in [0.4, 0.5) is 4.39 Å². The van der Waals surface area contributed by atoms with E-state index in [0.29, 0.717) is 11.4 Å². The van der Waals surface area contributed by atoms with Gasteiger partial charge in [-0.25, -0.2) is 4.39 Å². The fourth-order valence-electron chi connectivity index (χ4n) is 3.48. The Labute approximate surface area is 130 Å². The average molecular weight is 313 g/mol. The van der Waals surface area contributed by atoms with E-state index in [1.807, 2.05) is 6.07 Å². The Morgan fingerprint density at radius 1 is 1.33 bits per heavy atom. The number of carbonyl (C=O) groups excluding carboxylic acids is 1. The highest BCUT2D eigenvalue weighted by atomic mass is 35.5. The van der Waals surface area contributed by atoms with Crippen molar-refractivity contribution in [3.63, 3.8) is 0 Å². The van der Waals surface area contributed by atoms with Gasteiger partial charge in [-0.1, -0.05) is 36.9 Å². The molecule has 0 spiro atoms. The van der Waals surface area contributed by atoms with Crippen LogP contribution in [0.1, 0.15) is 56.9 Å². The van der Waals surface area contributed by atoms with Gasteiger partial charge in [0.25, 0.3) is 0 Å². The predicted octanol–water partition coefficient (Wildman–Crippen LogP) is 5.02. The van der Waals surface area contributed by atoms with Crippen LogP contribution in [0, 0.1) is 5.82 Å². The SMILES string of the molecule is COC(=O)CCCC1(c2ccc(F)cc2Cl)CCCCC1. The topological polar surface area (TPSA) is 26.3 Å². The zero-order valence-electron chi connectivity index (χ0n) is 12.5. The summed E-state index contributed by atoms with van der Waals surface area (Å²) in [6, 6.07) is 4.70. The summed E-state index contributed by atoms with van der Waals surface area (Å²) in [5, 5.41) is 0.509. The Morgan fingerprint density at radius 3 is 2.67 bits per heavy atom. The van der Waals surface area contributed by atoms with Crippen molar-refractivity contribution in [2.75, 3.05) is 7.11 Å². The number of rotatable bonds is 5. The summed E-state index contributed by atoms with van der Waals surface area (Å²) in [7, 11) is 1.41. The number of halogens is 2. The number of hydrogen-bond acceptors (Lipinski definition) is 2. The number of esters is 1. The number of benzene rings is 1. The van der Waals surface area contributed by atoms with Gasteiger partial charge in [-0.15, -0.1) is 0 Å². The molecule has 0 heterocycles. The first-order valence-corrected chi connectivity index (χ1v) is 7.97. The molecule has 0 unspecified atom stereocenters. The van der Waals surface area contributed by atoms with Gasteiger partial charge in [0, 0.05) is 11.4 Å². The van der Waals surface area contributed by atoms with E-state index >= 15 is 0 Å². The average Bonchev–Trinajstić information content (AvgIpc) is 2.47. The minimum atomic E-state index is -0.302. The molecule has 21 heavy (non-hydrogen) atoms. The van der Waals surface area contributed by atoms with Crippen LogP contribution in [0.5, 0.6) is 0 Å². The molecule has 116 valence electrons. The molecule has 0 radical (unpaired) electrons. The molecule has 0 aliphatic heterocycles. The van der Waals surface area contributed by atoms with Crippen LogP contribution in [0.3, 0.4) is 0 Å². The monoisotopic (exact) mass is 312 g/mol. The molecule has 1 fully saturated rings. The minimum absolute atomic E-state index is 0.0168. The van der Waals surface area contributed by atoms with Crippen molar-refractivity contribution in [1.82, 2.24) is 0 Å². The Hall–Kier alpha value is -1.09. The molecule has 1 aliphatic carbocycles. The van der Waals surface area contributed by atoms with E-state index in [4.69, 9.17) is 16.3 Å². The molecule has 2 nitrogen and oxygen atoms in total. The smallest absolute Gasteiger partial charge is 0.305 e. The van der Waals surface area contributed by atoms with Gasteiger partial charge in [-0.05, 0) is 48.8 Å². The summed E-state index contributed by atoms with van der Waals surface area (Å²) in [5.74, 6) is -0.476. The van der Waals surface area contributed by atoms with Gasteiger partial charge in [0.1, 0.15) is 5.82 Å². The van der Waals surface area contributed by atoms with Crippen molar-refractivity contribution in [3.8, 4) is 0 Å². The molecular formula is C17H22ClFO2. The summed E-state index contributed by atoms with van der Waals surface area (Å²) < 4.78 is 18.0. The maximum absolute atomic E-state index is 13.3. The second-order valence-electron chi connectivity index (χ2n) is 5.89. The van der Waals surface area contributed by atoms with Crippen molar-refractivity contribution in [3.05, 3.63) is 34.6 Å². The molecule has 0 N–H and O–H groups in total. The molecule has 1 aliphatic rings. The maximum Gasteiger partial charge on any atom is 0.305 e. The van der Waals surface area contributed by atoms with Gasteiger partial charge in [-0.2, -0.15) is 0 Å². The van der Waals surface area contributed by atoms with Crippen molar-refractivity contribution in [2.24, 2.45) is 0 Å². The van der Waals surface area contributed by atoms with Crippen molar-refractivity contribution in [1.29, 1.82) is 0 Å². The van der Waals surface area contributed by atoms with E-state index in [0.717, 1.165) is 44.1 Å². The van der Waals surface area contributed by atoms with Gasteiger partial charge < -0.3 is 4.74 Å². The van der Waals surface area contributed by atoms with E-state index in [2.05, 4.69) is 0 Å². The first-order chi connectivity index (χ1) is 10.1. The Bertz CT molecular complexity index is 496. The van der Waals surface area contributed by atoms with E-state index in [-0.39, 0.29) is 17.2 Å². The van der Waals surface area contributed by atoms with Crippen LogP contribution in [-0.4, -0.2) is 13.1 Å². The van der Waals surface area contributed by atoms with E-state index in [1.54, 1.807) is 0 Å². The largest absolute Gasteiger partial charge is 0.469 e. The predicted molar refractivity (Wildman–Crippen MR) is 82.0 cm³/mol. The molecule has 2 rings (SSSR count).